The number of nitrogens with zero attached hydrogens (tertiary/aromatic N) is 1. The van der Waals surface area contributed by atoms with Crippen molar-refractivity contribution in [1.82, 2.24) is 4.90 Å². The second-order valence-corrected chi connectivity index (χ2v) is 8.97. The Morgan fingerprint density at radius 3 is 2.39 bits per heavy atom. The lowest BCUT2D eigenvalue weighted by molar-refractivity contribution is -0.159. The van der Waals surface area contributed by atoms with E-state index in [2.05, 4.69) is 11.8 Å². The van der Waals surface area contributed by atoms with E-state index in [1.807, 2.05) is 12.1 Å². The summed E-state index contributed by atoms with van der Waals surface area (Å²) in [6, 6.07) is 12.8. The van der Waals surface area contributed by atoms with Gasteiger partial charge in [-0.3, -0.25) is 4.79 Å². The first-order valence-corrected chi connectivity index (χ1v) is 11.5. The van der Waals surface area contributed by atoms with Gasteiger partial charge in [0.05, 0.1) is 17.6 Å². The molecule has 0 saturated carbocycles. The lowest BCUT2D eigenvalue weighted by atomic mass is 9.73. The van der Waals surface area contributed by atoms with Gasteiger partial charge in [0.2, 0.25) is 0 Å². The molecule has 1 fully saturated rings. The van der Waals surface area contributed by atoms with Crippen molar-refractivity contribution in [2.75, 3.05) is 19.7 Å². The highest BCUT2D eigenvalue weighted by molar-refractivity contribution is 5.77. The van der Waals surface area contributed by atoms with Gasteiger partial charge in [-0.15, -0.1) is 0 Å². The monoisotopic (exact) mass is 463 g/mol. The quantitative estimate of drug-likeness (QED) is 0.516. The number of hydrogen-bond acceptors (Lipinski definition) is 4. The number of hydrogen-bond donors (Lipinski definition) is 1. The number of ether oxygens (including phenoxy) is 1. The largest absolute Gasteiger partial charge is 0.508 e. The Hall–Kier alpha value is -2.54. The number of carbonyl (C=O) groups is 1. The highest BCUT2D eigenvalue weighted by Crippen LogP contribution is 2.39. The summed E-state index contributed by atoms with van der Waals surface area (Å²) >= 11 is 0. The standard InChI is InChI=1S/C26H32F3NO3/c1-3-33-24(32)25(18-21-5-4-6-22(17-21)26(27,28)29)13-15-30(16-14-25)19(2)7-8-20-9-11-23(31)12-10-20/h4-6,9-12,17,19,31H,3,7-8,13-16,18H2,1-2H3/t19-/m0/s1. The molecule has 0 unspecified atom stereocenters. The highest BCUT2D eigenvalue weighted by atomic mass is 19.4. The molecule has 3 rings (SSSR count). The molecule has 0 spiro atoms. The Kier molecular flexibility index (Phi) is 8.05. The molecule has 33 heavy (non-hydrogen) atoms. The minimum atomic E-state index is -4.41. The van der Waals surface area contributed by atoms with Crippen LogP contribution in [0.3, 0.4) is 0 Å². The van der Waals surface area contributed by atoms with Crippen LogP contribution in [0.25, 0.3) is 0 Å². The molecule has 7 heteroatoms. The van der Waals surface area contributed by atoms with Crippen molar-refractivity contribution < 1.29 is 27.8 Å². The Morgan fingerprint density at radius 1 is 1.12 bits per heavy atom. The molecule has 0 bridgehead atoms. The number of piperidine rings is 1. The van der Waals surface area contributed by atoms with Gasteiger partial charge in [-0.25, -0.2) is 0 Å². The topological polar surface area (TPSA) is 49.8 Å². The molecule has 1 heterocycles. The van der Waals surface area contributed by atoms with Gasteiger partial charge in [-0.1, -0.05) is 30.3 Å². The second kappa shape index (κ2) is 10.6. The van der Waals surface area contributed by atoms with E-state index in [1.54, 1.807) is 25.1 Å². The first-order valence-electron chi connectivity index (χ1n) is 11.5. The fourth-order valence-electron chi connectivity index (χ4n) is 4.60. The molecular formula is C26H32F3NO3. The third kappa shape index (κ3) is 6.50. The summed E-state index contributed by atoms with van der Waals surface area (Å²) in [5.74, 6) is -0.0716. The summed E-state index contributed by atoms with van der Waals surface area (Å²) in [7, 11) is 0. The van der Waals surface area contributed by atoms with Gasteiger partial charge in [-0.05, 0) is 88.4 Å². The molecule has 1 aliphatic rings. The molecule has 1 atom stereocenters. The number of esters is 1. The summed E-state index contributed by atoms with van der Waals surface area (Å²) in [5.41, 5.74) is 0.154. The first kappa shape index (κ1) is 25.1. The molecule has 2 aromatic carbocycles. The van der Waals surface area contributed by atoms with Gasteiger partial charge in [0.1, 0.15) is 5.75 Å². The number of carbonyl (C=O) groups excluding carboxylic acids is 1. The molecule has 0 aliphatic carbocycles. The zero-order valence-corrected chi connectivity index (χ0v) is 19.2. The lowest BCUT2D eigenvalue weighted by Gasteiger charge is -2.42. The zero-order valence-electron chi connectivity index (χ0n) is 19.2. The van der Waals surface area contributed by atoms with Crippen LogP contribution in [-0.4, -0.2) is 41.7 Å². The maximum Gasteiger partial charge on any atom is 0.416 e. The Morgan fingerprint density at radius 2 is 1.79 bits per heavy atom. The molecule has 0 aromatic heterocycles. The van der Waals surface area contributed by atoms with Crippen LogP contribution < -0.4 is 0 Å². The van der Waals surface area contributed by atoms with Crippen LogP contribution >= 0.6 is 0 Å². The molecule has 1 aliphatic heterocycles. The maximum absolute atomic E-state index is 13.2. The summed E-state index contributed by atoms with van der Waals surface area (Å²) in [6.07, 6.45) is -1.26. The summed E-state index contributed by atoms with van der Waals surface area (Å²) in [6.45, 7) is 5.53. The normalized spacial score (nSPS) is 17.5. The number of phenols is 1. The van der Waals surface area contributed by atoms with E-state index >= 15 is 0 Å². The summed E-state index contributed by atoms with van der Waals surface area (Å²) in [5, 5.41) is 9.43. The van der Waals surface area contributed by atoms with Crippen molar-refractivity contribution in [3.05, 3.63) is 65.2 Å². The van der Waals surface area contributed by atoms with E-state index < -0.39 is 17.2 Å². The third-order valence-corrected chi connectivity index (χ3v) is 6.67. The van der Waals surface area contributed by atoms with Gasteiger partial charge in [-0.2, -0.15) is 13.2 Å². The minimum absolute atomic E-state index is 0.242. The van der Waals surface area contributed by atoms with Gasteiger partial charge < -0.3 is 14.7 Å². The first-order chi connectivity index (χ1) is 15.6. The molecule has 4 nitrogen and oxygen atoms in total. The van der Waals surface area contributed by atoms with E-state index in [1.165, 1.54) is 6.07 Å². The van der Waals surface area contributed by atoms with E-state index in [4.69, 9.17) is 4.74 Å². The molecule has 0 radical (unpaired) electrons. The van der Waals surface area contributed by atoms with Gasteiger partial charge >= 0.3 is 12.1 Å². The average molecular weight is 464 g/mol. The number of alkyl halides is 3. The van der Waals surface area contributed by atoms with Gasteiger partial charge in [0.15, 0.2) is 0 Å². The molecule has 180 valence electrons. The fourth-order valence-corrected chi connectivity index (χ4v) is 4.60. The number of halogens is 3. The lowest BCUT2D eigenvalue weighted by Crippen LogP contribution is -2.49. The number of aromatic hydroxyl groups is 1. The zero-order chi connectivity index (χ0) is 24.1. The van der Waals surface area contributed by atoms with Crippen LogP contribution in [0, 0.1) is 5.41 Å². The Balaban J connectivity index is 1.66. The fraction of sp³-hybridized carbons (Fsp3) is 0.500. The molecule has 2 aromatic rings. The van der Waals surface area contributed by atoms with Crippen LogP contribution in [-0.2, 0) is 28.5 Å². The molecule has 1 saturated heterocycles. The smallest absolute Gasteiger partial charge is 0.416 e. The number of rotatable bonds is 8. The second-order valence-electron chi connectivity index (χ2n) is 8.97. The maximum atomic E-state index is 13.2. The summed E-state index contributed by atoms with van der Waals surface area (Å²) < 4.78 is 44.9. The number of aryl methyl sites for hydroxylation is 1. The van der Waals surface area contributed by atoms with Crippen LogP contribution in [0.15, 0.2) is 48.5 Å². The predicted molar refractivity (Wildman–Crippen MR) is 121 cm³/mol. The van der Waals surface area contributed by atoms with Crippen molar-refractivity contribution in [1.29, 1.82) is 0 Å². The van der Waals surface area contributed by atoms with Crippen LogP contribution in [0.1, 0.15) is 49.8 Å². The van der Waals surface area contributed by atoms with Crippen molar-refractivity contribution in [3.63, 3.8) is 0 Å². The van der Waals surface area contributed by atoms with Crippen molar-refractivity contribution in [3.8, 4) is 5.75 Å². The van der Waals surface area contributed by atoms with Crippen LogP contribution in [0.5, 0.6) is 5.75 Å². The van der Waals surface area contributed by atoms with E-state index in [-0.39, 0.29) is 24.7 Å². The number of phenolic OH excluding ortho intramolecular Hbond substituents is 1. The Bertz CT molecular complexity index is 919. The minimum Gasteiger partial charge on any atom is -0.508 e. The van der Waals surface area contributed by atoms with E-state index in [0.717, 1.165) is 30.5 Å². The SMILES string of the molecule is CCOC(=O)C1(Cc2cccc(C(F)(F)F)c2)CCN([C@@H](C)CCc2ccc(O)cc2)CC1. The van der Waals surface area contributed by atoms with Crippen LogP contribution in [0.2, 0.25) is 0 Å². The van der Waals surface area contributed by atoms with Crippen molar-refractivity contribution >= 4 is 5.97 Å². The Labute approximate surface area is 193 Å². The molecular weight excluding hydrogens is 431 g/mol. The average Bonchev–Trinajstić information content (AvgIpc) is 2.79. The van der Waals surface area contributed by atoms with Gasteiger partial charge in [0, 0.05) is 6.04 Å². The highest BCUT2D eigenvalue weighted by Gasteiger charge is 2.43. The number of benzene rings is 2. The van der Waals surface area contributed by atoms with Gasteiger partial charge in [0.25, 0.3) is 0 Å². The van der Waals surface area contributed by atoms with Crippen molar-refractivity contribution in [2.45, 2.75) is 58.2 Å². The van der Waals surface area contributed by atoms with Crippen molar-refractivity contribution in [2.24, 2.45) is 5.41 Å². The summed E-state index contributed by atoms with van der Waals surface area (Å²) in [4.78, 5) is 15.3. The number of likely N-dealkylation sites (tertiary alicyclic amines) is 1. The van der Waals surface area contributed by atoms with Crippen LogP contribution in [0.4, 0.5) is 13.2 Å². The van der Waals surface area contributed by atoms with E-state index in [9.17, 15) is 23.1 Å². The third-order valence-electron chi connectivity index (χ3n) is 6.67. The molecule has 1 N–H and O–H groups in total. The predicted octanol–water partition coefficient (Wildman–Crippen LogP) is 5.62. The molecule has 0 amide bonds. The van der Waals surface area contributed by atoms with E-state index in [0.29, 0.717) is 37.5 Å².